The highest BCUT2D eigenvalue weighted by atomic mass is 16.2. The average molecular weight is 250 g/mol. The quantitative estimate of drug-likeness (QED) is 0.779. The van der Waals surface area contributed by atoms with E-state index >= 15 is 0 Å². The number of nitrogens with zero attached hydrogens (tertiary/aromatic N) is 1. The molecule has 0 aromatic rings. The molecule has 102 valence electrons. The van der Waals surface area contributed by atoms with Crippen molar-refractivity contribution in [3.8, 4) is 0 Å². The Hall–Kier alpha value is -0.830. The van der Waals surface area contributed by atoms with Crippen molar-refractivity contribution in [2.24, 2.45) is 11.3 Å². The molecule has 1 N–H and O–H groups in total. The maximum Gasteiger partial charge on any atom is 0.226 e. The summed E-state index contributed by atoms with van der Waals surface area (Å²) in [5, 5.41) is 3.38. The second-order valence-corrected chi connectivity index (χ2v) is 6.78. The minimum absolute atomic E-state index is 0.109. The fourth-order valence-corrected chi connectivity index (χ4v) is 3.19. The lowest BCUT2D eigenvalue weighted by molar-refractivity contribution is -0.137. The summed E-state index contributed by atoms with van der Waals surface area (Å²) >= 11 is 0. The van der Waals surface area contributed by atoms with Gasteiger partial charge in [0.2, 0.25) is 5.91 Å². The molecular formula is C15H26N2O. The van der Waals surface area contributed by atoms with E-state index in [-0.39, 0.29) is 11.5 Å². The van der Waals surface area contributed by atoms with Gasteiger partial charge in [0, 0.05) is 18.0 Å². The third-order valence-electron chi connectivity index (χ3n) is 4.47. The third-order valence-corrected chi connectivity index (χ3v) is 4.47. The monoisotopic (exact) mass is 250 g/mol. The van der Waals surface area contributed by atoms with Crippen molar-refractivity contribution >= 4 is 5.91 Å². The zero-order valence-corrected chi connectivity index (χ0v) is 12.0. The molecule has 1 atom stereocenters. The molecule has 0 bridgehead atoms. The number of carbonyl (C=O) groups is 1. The van der Waals surface area contributed by atoms with Gasteiger partial charge in [-0.1, -0.05) is 6.08 Å². The minimum Gasteiger partial charge on any atom is -0.334 e. The topological polar surface area (TPSA) is 32.3 Å². The van der Waals surface area contributed by atoms with Crippen LogP contribution < -0.4 is 5.32 Å². The average Bonchev–Trinajstić information content (AvgIpc) is 2.98. The summed E-state index contributed by atoms with van der Waals surface area (Å²) < 4.78 is 0. The van der Waals surface area contributed by atoms with Gasteiger partial charge in [-0.3, -0.25) is 4.79 Å². The van der Waals surface area contributed by atoms with Crippen LogP contribution in [0.1, 0.15) is 40.0 Å². The molecule has 0 aromatic heterocycles. The second kappa shape index (κ2) is 4.69. The van der Waals surface area contributed by atoms with Gasteiger partial charge in [0.1, 0.15) is 0 Å². The Bertz CT molecular complexity index is 337. The van der Waals surface area contributed by atoms with Crippen molar-refractivity contribution < 1.29 is 4.79 Å². The van der Waals surface area contributed by atoms with Gasteiger partial charge in [-0.25, -0.2) is 0 Å². The van der Waals surface area contributed by atoms with Crippen molar-refractivity contribution in [2.75, 3.05) is 19.6 Å². The van der Waals surface area contributed by atoms with E-state index in [4.69, 9.17) is 0 Å². The van der Waals surface area contributed by atoms with Crippen LogP contribution in [-0.2, 0) is 4.79 Å². The van der Waals surface area contributed by atoms with Crippen LogP contribution >= 0.6 is 0 Å². The number of nitrogens with one attached hydrogen (secondary N) is 1. The van der Waals surface area contributed by atoms with E-state index in [0.717, 1.165) is 32.4 Å². The Labute approximate surface area is 111 Å². The van der Waals surface area contributed by atoms with E-state index in [1.807, 2.05) is 11.0 Å². The third kappa shape index (κ3) is 2.46. The summed E-state index contributed by atoms with van der Waals surface area (Å²) in [6.45, 7) is 12.9. The molecule has 2 rings (SSSR count). The Morgan fingerprint density at radius 2 is 2.06 bits per heavy atom. The zero-order chi connectivity index (χ0) is 13.4. The van der Waals surface area contributed by atoms with E-state index in [9.17, 15) is 4.79 Å². The number of piperidine rings is 1. The number of carbonyl (C=O) groups excluding carboxylic acids is 1. The first kappa shape index (κ1) is 13.6. The van der Waals surface area contributed by atoms with Crippen LogP contribution in [0.5, 0.6) is 0 Å². The van der Waals surface area contributed by atoms with Gasteiger partial charge < -0.3 is 10.2 Å². The first-order valence-electron chi connectivity index (χ1n) is 7.04. The largest absolute Gasteiger partial charge is 0.334 e. The summed E-state index contributed by atoms with van der Waals surface area (Å²) in [5.74, 6) is 0.600. The van der Waals surface area contributed by atoms with E-state index in [0.29, 0.717) is 17.9 Å². The SMILES string of the molecule is C=CCN(C(=O)C1CC12CCNCC2)C(C)(C)C. The molecule has 1 amide bonds. The predicted octanol–water partition coefficient (Wildman–Crippen LogP) is 2.19. The molecule has 1 unspecified atom stereocenters. The summed E-state index contributed by atoms with van der Waals surface area (Å²) in [5.41, 5.74) is 0.217. The Kier molecular flexibility index (Phi) is 3.54. The van der Waals surface area contributed by atoms with E-state index in [1.165, 1.54) is 0 Å². The highest BCUT2D eigenvalue weighted by Gasteiger charge is 2.59. The Morgan fingerprint density at radius 3 is 2.56 bits per heavy atom. The normalized spacial score (nSPS) is 25.8. The molecule has 3 nitrogen and oxygen atoms in total. The van der Waals surface area contributed by atoms with Crippen molar-refractivity contribution in [2.45, 2.75) is 45.6 Å². The zero-order valence-electron chi connectivity index (χ0n) is 12.0. The van der Waals surface area contributed by atoms with Crippen LogP contribution in [0, 0.1) is 11.3 Å². The second-order valence-electron chi connectivity index (χ2n) is 6.78. The highest BCUT2D eigenvalue weighted by molar-refractivity contribution is 5.83. The molecule has 0 radical (unpaired) electrons. The lowest BCUT2D eigenvalue weighted by Gasteiger charge is -2.36. The standard InChI is InChI=1S/C15H26N2O/c1-5-10-17(14(2,3)4)13(18)12-11-15(12)6-8-16-9-7-15/h5,12,16H,1,6-11H2,2-4H3. The molecule has 1 aliphatic carbocycles. The molecule has 3 heteroatoms. The molecular weight excluding hydrogens is 224 g/mol. The molecule has 2 fully saturated rings. The summed E-state index contributed by atoms with van der Waals surface area (Å²) in [6, 6.07) is 0. The van der Waals surface area contributed by atoms with Gasteiger partial charge in [-0.15, -0.1) is 6.58 Å². The molecule has 1 spiro atoms. The highest BCUT2D eigenvalue weighted by Crippen LogP contribution is 2.59. The first-order valence-corrected chi connectivity index (χ1v) is 7.04. The lowest BCUT2D eigenvalue weighted by atomic mass is 9.91. The van der Waals surface area contributed by atoms with Crippen LogP contribution in [0.2, 0.25) is 0 Å². The Morgan fingerprint density at radius 1 is 1.44 bits per heavy atom. The minimum atomic E-state index is -0.109. The molecule has 18 heavy (non-hydrogen) atoms. The summed E-state index contributed by atoms with van der Waals surface area (Å²) in [4.78, 5) is 14.7. The fraction of sp³-hybridized carbons (Fsp3) is 0.800. The van der Waals surface area contributed by atoms with Gasteiger partial charge >= 0.3 is 0 Å². The van der Waals surface area contributed by atoms with Crippen LogP contribution in [0.15, 0.2) is 12.7 Å². The number of amides is 1. The number of hydrogen-bond acceptors (Lipinski definition) is 2. The maximum absolute atomic E-state index is 12.7. The molecule has 1 saturated carbocycles. The number of hydrogen-bond donors (Lipinski definition) is 1. The van der Waals surface area contributed by atoms with Crippen molar-refractivity contribution in [3.05, 3.63) is 12.7 Å². The molecule has 1 heterocycles. The fourth-order valence-electron chi connectivity index (χ4n) is 3.19. The van der Waals surface area contributed by atoms with Gasteiger partial charge in [0.15, 0.2) is 0 Å². The van der Waals surface area contributed by atoms with Crippen LogP contribution in [0.25, 0.3) is 0 Å². The van der Waals surface area contributed by atoms with E-state index in [2.05, 4.69) is 32.7 Å². The van der Waals surface area contributed by atoms with Crippen LogP contribution in [0.4, 0.5) is 0 Å². The first-order chi connectivity index (χ1) is 8.41. The van der Waals surface area contributed by atoms with Gasteiger partial charge in [0.05, 0.1) is 0 Å². The lowest BCUT2D eigenvalue weighted by Crippen LogP contribution is -2.47. The van der Waals surface area contributed by atoms with E-state index < -0.39 is 0 Å². The van der Waals surface area contributed by atoms with Crippen molar-refractivity contribution in [1.29, 1.82) is 0 Å². The van der Waals surface area contributed by atoms with Crippen LogP contribution in [0.3, 0.4) is 0 Å². The Balaban J connectivity index is 2.04. The number of rotatable bonds is 3. The van der Waals surface area contributed by atoms with Crippen molar-refractivity contribution in [3.63, 3.8) is 0 Å². The predicted molar refractivity (Wildman–Crippen MR) is 74.3 cm³/mol. The molecule has 1 saturated heterocycles. The van der Waals surface area contributed by atoms with Crippen LogP contribution in [-0.4, -0.2) is 36.0 Å². The molecule has 1 aliphatic heterocycles. The molecule has 0 aromatic carbocycles. The van der Waals surface area contributed by atoms with Gasteiger partial charge in [0.25, 0.3) is 0 Å². The summed E-state index contributed by atoms with van der Waals surface area (Å²) in [6.07, 6.45) is 5.25. The maximum atomic E-state index is 12.7. The van der Waals surface area contributed by atoms with E-state index in [1.54, 1.807) is 0 Å². The van der Waals surface area contributed by atoms with Crippen molar-refractivity contribution in [1.82, 2.24) is 10.2 Å². The summed E-state index contributed by atoms with van der Waals surface area (Å²) in [7, 11) is 0. The molecule has 2 aliphatic rings. The smallest absolute Gasteiger partial charge is 0.226 e. The van der Waals surface area contributed by atoms with Gasteiger partial charge in [-0.05, 0) is 58.5 Å². The van der Waals surface area contributed by atoms with Gasteiger partial charge in [-0.2, -0.15) is 0 Å².